The second-order valence-electron chi connectivity index (χ2n) is 5.22. The summed E-state index contributed by atoms with van der Waals surface area (Å²) >= 11 is 11.8. The molecular weight excluding hydrogens is 387 g/mol. The first-order chi connectivity index (χ1) is 11.8. The molecule has 0 aliphatic carbocycles. The minimum Gasteiger partial charge on any atom is -0.451 e. The number of hydrogen-bond donors (Lipinski definition) is 2. The Morgan fingerprint density at radius 3 is 2.56 bits per heavy atom. The zero-order valence-electron chi connectivity index (χ0n) is 12.8. The van der Waals surface area contributed by atoms with Crippen LogP contribution in [0.2, 0.25) is 10.0 Å². The zero-order chi connectivity index (χ0) is 18.2. The standard InChI is InChI=1S/C16H12Cl2N2O4S/c1-9-12(18)7-11(17)8-15(9)25(22,23)20-19-16(21)14-6-10-4-2-3-5-13(10)24-14/h2-8,20H,1H3,(H,19,21). The molecule has 2 aromatic carbocycles. The number of nitrogens with one attached hydrogen (secondary N) is 2. The van der Waals surface area contributed by atoms with Crippen molar-refractivity contribution in [3.05, 3.63) is 63.8 Å². The van der Waals surface area contributed by atoms with E-state index in [4.69, 9.17) is 27.6 Å². The topological polar surface area (TPSA) is 88.4 Å². The molecule has 0 aliphatic heterocycles. The summed E-state index contributed by atoms with van der Waals surface area (Å²) in [4.78, 5) is 14.0. The molecule has 0 aliphatic rings. The zero-order valence-corrected chi connectivity index (χ0v) is 15.2. The molecule has 2 N–H and O–H groups in total. The van der Waals surface area contributed by atoms with Gasteiger partial charge >= 0.3 is 5.91 Å². The van der Waals surface area contributed by atoms with Gasteiger partial charge in [0.05, 0.1) is 4.90 Å². The number of carbonyl (C=O) groups excluding carboxylic acids is 1. The Morgan fingerprint density at radius 1 is 1.12 bits per heavy atom. The Labute approximate surface area is 153 Å². The van der Waals surface area contributed by atoms with Gasteiger partial charge in [0, 0.05) is 15.4 Å². The molecule has 130 valence electrons. The van der Waals surface area contributed by atoms with Crippen molar-refractivity contribution in [2.24, 2.45) is 0 Å². The van der Waals surface area contributed by atoms with Crippen LogP contribution in [-0.2, 0) is 10.0 Å². The molecule has 0 radical (unpaired) electrons. The van der Waals surface area contributed by atoms with Crippen LogP contribution in [-0.4, -0.2) is 14.3 Å². The van der Waals surface area contributed by atoms with E-state index in [1.54, 1.807) is 24.3 Å². The second-order valence-corrected chi connectivity index (χ2v) is 7.71. The van der Waals surface area contributed by atoms with E-state index in [9.17, 15) is 13.2 Å². The van der Waals surface area contributed by atoms with Crippen LogP contribution < -0.4 is 10.3 Å². The van der Waals surface area contributed by atoms with E-state index in [0.29, 0.717) is 11.1 Å². The largest absolute Gasteiger partial charge is 0.451 e. The van der Waals surface area contributed by atoms with Crippen molar-refractivity contribution in [3.8, 4) is 0 Å². The Hall–Kier alpha value is -2.06. The molecule has 0 atom stereocenters. The number of fused-ring (bicyclic) bond motifs is 1. The van der Waals surface area contributed by atoms with E-state index >= 15 is 0 Å². The van der Waals surface area contributed by atoms with Crippen LogP contribution in [0.3, 0.4) is 0 Å². The van der Waals surface area contributed by atoms with Crippen molar-refractivity contribution >= 4 is 50.1 Å². The first-order valence-electron chi connectivity index (χ1n) is 7.04. The van der Waals surface area contributed by atoms with Crippen molar-refractivity contribution in [1.29, 1.82) is 0 Å². The van der Waals surface area contributed by atoms with E-state index in [1.807, 2.05) is 4.83 Å². The van der Waals surface area contributed by atoms with Gasteiger partial charge in [-0.05, 0) is 36.8 Å². The van der Waals surface area contributed by atoms with Crippen LogP contribution in [0.25, 0.3) is 11.0 Å². The van der Waals surface area contributed by atoms with Gasteiger partial charge in [0.2, 0.25) is 0 Å². The molecule has 0 fully saturated rings. The summed E-state index contributed by atoms with van der Waals surface area (Å²) in [6.07, 6.45) is 0. The molecule has 0 bridgehead atoms. The van der Waals surface area contributed by atoms with E-state index in [-0.39, 0.29) is 20.7 Å². The maximum Gasteiger partial charge on any atom is 0.301 e. The SMILES string of the molecule is Cc1c(Cl)cc(Cl)cc1S(=O)(=O)NNC(=O)c1cc2ccccc2o1. The lowest BCUT2D eigenvalue weighted by atomic mass is 10.2. The van der Waals surface area contributed by atoms with Gasteiger partial charge in [-0.3, -0.25) is 10.2 Å². The Balaban J connectivity index is 1.81. The van der Waals surface area contributed by atoms with Crippen molar-refractivity contribution in [2.45, 2.75) is 11.8 Å². The predicted octanol–water partition coefficient (Wildman–Crippen LogP) is 3.67. The number of amides is 1. The summed E-state index contributed by atoms with van der Waals surface area (Å²) in [6.45, 7) is 1.54. The predicted molar refractivity (Wildman–Crippen MR) is 95.2 cm³/mol. The number of furan rings is 1. The quantitative estimate of drug-likeness (QED) is 0.656. The number of benzene rings is 2. The summed E-state index contributed by atoms with van der Waals surface area (Å²) in [7, 11) is -4.06. The van der Waals surface area contributed by atoms with E-state index in [1.165, 1.54) is 25.1 Å². The number of carbonyl (C=O) groups is 1. The minimum absolute atomic E-state index is 0.0234. The van der Waals surface area contributed by atoms with Crippen molar-refractivity contribution in [2.75, 3.05) is 0 Å². The van der Waals surface area contributed by atoms with Gasteiger partial charge in [-0.2, -0.15) is 0 Å². The number of hydrogen-bond acceptors (Lipinski definition) is 4. The molecule has 0 saturated heterocycles. The summed E-state index contributed by atoms with van der Waals surface area (Å²) < 4.78 is 30.2. The van der Waals surface area contributed by atoms with Gasteiger partial charge in [-0.15, -0.1) is 4.83 Å². The molecule has 1 aromatic heterocycles. The van der Waals surface area contributed by atoms with Gasteiger partial charge in [0.15, 0.2) is 5.76 Å². The van der Waals surface area contributed by atoms with Crippen molar-refractivity contribution in [3.63, 3.8) is 0 Å². The molecule has 1 heterocycles. The van der Waals surface area contributed by atoms with Gasteiger partial charge < -0.3 is 4.42 Å². The van der Waals surface area contributed by atoms with Crippen LogP contribution in [0, 0.1) is 6.92 Å². The first-order valence-corrected chi connectivity index (χ1v) is 9.28. The molecule has 0 saturated carbocycles. The summed E-state index contributed by atoms with van der Waals surface area (Å²) in [5, 5.41) is 1.10. The number of sulfonamides is 1. The van der Waals surface area contributed by atoms with Crippen LogP contribution in [0.4, 0.5) is 0 Å². The fraction of sp³-hybridized carbons (Fsp3) is 0.0625. The lowest BCUT2D eigenvalue weighted by Gasteiger charge is -2.11. The van der Waals surface area contributed by atoms with Crippen LogP contribution in [0.5, 0.6) is 0 Å². The lowest BCUT2D eigenvalue weighted by molar-refractivity contribution is 0.0919. The highest BCUT2D eigenvalue weighted by atomic mass is 35.5. The van der Waals surface area contributed by atoms with Crippen molar-refractivity contribution < 1.29 is 17.6 Å². The molecule has 9 heteroatoms. The summed E-state index contributed by atoms with van der Waals surface area (Å²) in [6, 6.07) is 11.2. The van der Waals surface area contributed by atoms with Gasteiger partial charge in [-0.25, -0.2) is 8.42 Å². The average Bonchev–Trinajstić information content (AvgIpc) is 3.00. The molecule has 1 amide bonds. The average molecular weight is 399 g/mol. The number of halogens is 2. The van der Waals surface area contributed by atoms with Crippen molar-refractivity contribution in [1.82, 2.24) is 10.3 Å². The molecular formula is C16H12Cl2N2O4S. The molecule has 3 rings (SSSR count). The van der Waals surface area contributed by atoms with Gasteiger partial charge in [-0.1, -0.05) is 41.4 Å². The number of hydrazine groups is 1. The van der Waals surface area contributed by atoms with E-state index < -0.39 is 15.9 Å². The maximum atomic E-state index is 12.4. The Kier molecular flexibility index (Phi) is 4.75. The van der Waals surface area contributed by atoms with Gasteiger partial charge in [0.25, 0.3) is 10.0 Å². The second kappa shape index (κ2) is 6.68. The van der Waals surface area contributed by atoms with Crippen LogP contribution >= 0.6 is 23.2 Å². The fourth-order valence-corrected chi connectivity index (χ4v) is 3.97. The Bertz CT molecular complexity index is 1040. The molecule has 6 nitrogen and oxygen atoms in total. The van der Waals surface area contributed by atoms with Crippen LogP contribution in [0.1, 0.15) is 16.1 Å². The highest BCUT2D eigenvalue weighted by molar-refractivity contribution is 7.89. The first kappa shape index (κ1) is 17.8. The minimum atomic E-state index is -4.06. The monoisotopic (exact) mass is 398 g/mol. The summed E-state index contributed by atoms with van der Waals surface area (Å²) in [5.41, 5.74) is 2.95. The Morgan fingerprint density at radius 2 is 1.84 bits per heavy atom. The fourth-order valence-electron chi connectivity index (χ4n) is 2.23. The lowest BCUT2D eigenvalue weighted by Crippen LogP contribution is -2.41. The summed E-state index contributed by atoms with van der Waals surface area (Å²) in [5.74, 6) is -0.754. The normalized spacial score (nSPS) is 11.6. The molecule has 25 heavy (non-hydrogen) atoms. The number of para-hydroxylation sites is 1. The smallest absolute Gasteiger partial charge is 0.301 e. The molecule has 0 unspecified atom stereocenters. The highest BCUT2D eigenvalue weighted by Gasteiger charge is 2.21. The van der Waals surface area contributed by atoms with Crippen LogP contribution in [0.15, 0.2) is 51.8 Å². The third-order valence-corrected chi connectivity index (χ3v) is 5.48. The van der Waals surface area contributed by atoms with E-state index in [2.05, 4.69) is 5.43 Å². The van der Waals surface area contributed by atoms with Gasteiger partial charge in [0.1, 0.15) is 5.58 Å². The third kappa shape index (κ3) is 3.64. The third-order valence-electron chi connectivity index (χ3n) is 3.50. The molecule has 0 spiro atoms. The van der Waals surface area contributed by atoms with E-state index in [0.717, 1.165) is 5.39 Å². The maximum absolute atomic E-state index is 12.4. The highest BCUT2D eigenvalue weighted by Crippen LogP contribution is 2.27. The number of rotatable bonds is 4. The molecule has 3 aromatic rings.